The van der Waals surface area contributed by atoms with Crippen LogP contribution in [0.4, 0.5) is 0 Å². The molecule has 0 aliphatic rings. The Labute approximate surface area is 152 Å². The lowest BCUT2D eigenvalue weighted by atomic mass is 10.1. The molecule has 2 aromatic rings. The molecule has 0 unspecified atom stereocenters. The van der Waals surface area contributed by atoms with Crippen LogP contribution in [-0.2, 0) is 14.3 Å². The summed E-state index contributed by atoms with van der Waals surface area (Å²) in [5, 5.41) is 15.7. The van der Waals surface area contributed by atoms with E-state index in [4.69, 9.17) is 19.3 Å². The van der Waals surface area contributed by atoms with E-state index in [0.29, 0.717) is 19.8 Å². The van der Waals surface area contributed by atoms with Crippen molar-refractivity contribution < 1.29 is 24.1 Å². The first-order chi connectivity index (χ1) is 12.5. The number of H-pyrrole nitrogens is 1. The van der Waals surface area contributed by atoms with E-state index in [9.17, 15) is 4.79 Å². The highest BCUT2D eigenvalue weighted by Gasteiger charge is 2.27. The van der Waals surface area contributed by atoms with Crippen LogP contribution in [0.5, 0.6) is 5.75 Å². The fourth-order valence-corrected chi connectivity index (χ4v) is 2.04. The minimum Gasteiger partial charge on any atom is -0.492 e. The van der Waals surface area contributed by atoms with E-state index in [1.165, 1.54) is 13.8 Å². The van der Waals surface area contributed by atoms with Crippen LogP contribution in [0, 0.1) is 0 Å². The normalized spacial score (nSPS) is 11.5. The van der Waals surface area contributed by atoms with Gasteiger partial charge in [-0.3, -0.25) is 10.1 Å². The number of carboxylic acids is 1. The largest absolute Gasteiger partial charge is 0.492 e. The Balaban J connectivity index is 1.51. The number of aliphatic carboxylic acids is 1. The number of carbonyl (C=O) groups is 1. The van der Waals surface area contributed by atoms with Crippen LogP contribution >= 0.6 is 0 Å². The number of ether oxygens (including phenoxy) is 3. The van der Waals surface area contributed by atoms with Gasteiger partial charge in [0.1, 0.15) is 5.75 Å². The van der Waals surface area contributed by atoms with Gasteiger partial charge >= 0.3 is 5.97 Å². The molecule has 8 nitrogen and oxygen atoms in total. The number of hydrogen-bond acceptors (Lipinski definition) is 6. The second-order valence-corrected chi connectivity index (χ2v) is 6.18. The van der Waals surface area contributed by atoms with Gasteiger partial charge in [0.05, 0.1) is 37.4 Å². The van der Waals surface area contributed by atoms with Gasteiger partial charge < -0.3 is 19.3 Å². The van der Waals surface area contributed by atoms with Gasteiger partial charge in [-0.05, 0) is 44.9 Å². The number of aromatic nitrogens is 3. The fraction of sp³-hybridized carbons (Fsp3) is 0.500. The first-order valence-corrected chi connectivity index (χ1v) is 8.53. The highest BCUT2D eigenvalue weighted by molar-refractivity contribution is 5.76. The summed E-state index contributed by atoms with van der Waals surface area (Å²) in [5.74, 6) is -0.264. The lowest BCUT2D eigenvalue weighted by Gasteiger charge is -2.19. The highest BCUT2D eigenvalue weighted by atomic mass is 16.6. The summed E-state index contributed by atoms with van der Waals surface area (Å²) in [5.41, 5.74) is 0.499. The third-order valence-corrected chi connectivity index (χ3v) is 3.67. The van der Waals surface area contributed by atoms with Crippen molar-refractivity contribution in [2.75, 3.05) is 26.4 Å². The molecule has 2 heterocycles. The average Bonchev–Trinajstić information content (AvgIpc) is 3.15. The maximum atomic E-state index is 10.9. The van der Waals surface area contributed by atoms with Gasteiger partial charge in [-0.15, -0.1) is 0 Å². The summed E-state index contributed by atoms with van der Waals surface area (Å²) in [6.45, 7) is 4.82. The smallest absolute Gasteiger partial charge is 0.335 e. The number of aromatic amines is 1. The van der Waals surface area contributed by atoms with E-state index in [0.717, 1.165) is 30.0 Å². The van der Waals surface area contributed by atoms with E-state index in [1.807, 2.05) is 18.2 Å². The van der Waals surface area contributed by atoms with E-state index in [-0.39, 0.29) is 6.61 Å². The van der Waals surface area contributed by atoms with Gasteiger partial charge in [0.15, 0.2) is 5.60 Å². The molecule has 0 saturated carbocycles. The topological polar surface area (TPSA) is 107 Å². The molecule has 0 atom stereocenters. The lowest BCUT2D eigenvalue weighted by molar-refractivity contribution is -0.162. The molecule has 142 valence electrons. The lowest BCUT2D eigenvalue weighted by Crippen LogP contribution is -2.35. The van der Waals surface area contributed by atoms with Crippen LogP contribution in [-0.4, -0.2) is 58.3 Å². The first kappa shape index (κ1) is 19.9. The van der Waals surface area contributed by atoms with Gasteiger partial charge in [0, 0.05) is 12.8 Å². The van der Waals surface area contributed by atoms with Crippen molar-refractivity contribution in [1.29, 1.82) is 0 Å². The van der Waals surface area contributed by atoms with Crippen LogP contribution in [0.15, 0.2) is 30.6 Å². The molecular formula is C18H25N3O5. The van der Waals surface area contributed by atoms with E-state index >= 15 is 0 Å². The molecule has 0 saturated heterocycles. The number of rotatable bonds is 12. The van der Waals surface area contributed by atoms with Crippen molar-refractivity contribution in [3.05, 3.63) is 30.6 Å². The molecular weight excluding hydrogens is 338 g/mol. The summed E-state index contributed by atoms with van der Waals surface area (Å²) in [6, 6.07) is 5.61. The maximum Gasteiger partial charge on any atom is 0.335 e. The van der Waals surface area contributed by atoms with Crippen molar-refractivity contribution in [2.24, 2.45) is 0 Å². The van der Waals surface area contributed by atoms with Crippen molar-refractivity contribution in [2.45, 2.75) is 32.3 Å². The molecule has 0 aliphatic carbocycles. The minimum absolute atomic E-state index is 0.254. The summed E-state index contributed by atoms with van der Waals surface area (Å²) >= 11 is 0. The van der Waals surface area contributed by atoms with Crippen LogP contribution < -0.4 is 4.74 Å². The molecule has 2 rings (SSSR count). The number of unbranched alkanes of at least 4 members (excludes halogenated alkanes) is 1. The molecule has 8 heteroatoms. The molecule has 2 N–H and O–H groups in total. The van der Waals surface area contributed by atoms with Crippen LogP contribution in [0.3, 0.4) is 0 Å². The number of carboxylic acid groups (broad SMARTS) is 1. The Hall–Kier alpha value is -2.45. The Kier molecular flexibility index (Phi) is 7.55. The highest BCUT2D eigenvalue weighted by Crippen LogP contribution is 2.17. The van der Waals surface area contributed by atoms with Crippen LogP contribution in [0.25, 0.3) is 11.4 Å². The second kappa shape index (κ2) is 9.88. The number of nitrogens with one attached hydrogen (secondary N) is 1. The molecule has 2 aromatic heterocycles. The zero-order valence-electron chi connectivity index (χ0n) is 15.1. The number of pyridine rings is 1. The van der Waals surface area contributed by atoms with E-state index < -0.39 is 11.6 Å². The van der Waals surface area contributed by atoms with Crippen molar-refractivity contribution in [3.63, 3.8) is 0 Å². The average molecular weight is 363 g/mol. The number of hydrogen-bond donors (Lipinski definition) is 2. The van der Waals surface area contributed by atoms with Crippen molar-refractivity contribution in [1.82, 2.24) is 15.2 Å². The van der Waals surface area contributed by atoms with Crippen molar-refractivity contribution in [3.8, 4) is 17.1 Å². The first-order valence-electron chi connectivity index (χ1n) is 8.53. The van der Waals surface area contributed by atoms with Gasteiger partial charge in [0.25, 0.3) is 0 Å². The molecule has 0 spiro atoms. The van der Waals surface area contributed by atoms with Crippen LogP contribution in [0.1, 0.15) is 26.7 Å². The zero-order valence-corrected chi connectivity index (χ0v) is 15.1. The Morgan fingerprint density at radius 3 is 2.62 bits per heavy atom. The quantitative estimate of drug-likeness (QED) is 0.558. The number of nitrogens with zero attached hydrogens (tertiary/aromatic N) is 2. The van der Waals surface area contributed by atoms with Gasteiger partial charge in [-0.2, -0.15) is 5.10 Å². The Morgan fingerprint density at radius 1 is 1.15 bits per heavy atom. The molecule has 26 heavy (non-hydrogen) atoms. The van der Waals surface area contributed by atoms with Crippen molar-refractivity contribution >= 4 is 5.97 Å². The SMILES string of the molecule is CC(C)(OCCOCCCCOc1ccc(-c2ccn[nH]2)nc1)C(=O)O. The standard InChI is InChI=1S/C18H25N3O5/c1-18(2,17(22)23)26-12-11-24-9-3-4-10-25-14-5-6-15(19-13-14)16-7-8-20-21-16/h5-8,13H,3-4,9-12H2,1-2H3,(H,20,21)(H,22,23). The molecule has 0 fully saturated rings. The maximum absolute atomic E-state index is 10.9. The molecule has 0 aliphatic heterocycles. The predicted octanol–water partition coefficient (Wildman–Crippen LogP) is 2.53. The summed E-state index contributed by atoms with van der Waals surface area (Å²) < 4.78 is 16.3. The third kappa shape index (κ3) is 6.45. The van der Waals surface area contributed by atoms with Gasteiger partial charge in [-0.1, -0.05) is 0 Å². The Morgan fingerprint density at radius 2 is 1.96 bits per heavy atom. The summed E-state index contributed by atoms with van der Waals surface area (Å²) in [6.07, 6.45) is 5.07. The minimum atomic E-state index is -1.18. The summed E-state index contributed by atoms with van der Waals surface area (Å²) in [7, 11) is 0. The fourth-order valence-electron chi connectivity index (χ4n) is 2.04. The molecule has 0 bridgehead atoms. The molecule has 0 amide bonds. The van der Waals surface area contributed by atoms with Gasteiger partial charge in [0.2, 0.25) is 0 Å². The monoisotopic (exact) mass is 363 g/mol. The zero-order chi connectivity index (χ0) is 18.8. The molecule has 0 aromatic carbocycles. The Bertz CT molecular complexity index is 656. The van der Waals surface area contributed by atoms with Crippen LogP contribution in [0.2, 0.25) is 0 Å². The van der Waals surface area contributed by atoms with Gasteiger partial charge in [-0.25, -0.2) is 4.79 Å². The predicted molar refractivity (Wildman–Crippen MR) is 95.0 cm³/mol. The molecule has 0 radical (unpaired) electrons. The third-order valence-electron chi connectivity index (χ3n) is 3.67. The van der Waals surface area contributed by atoms with E-state index in [1.54, 1.807) is 12.4 Å². The van der Waals surface area contributed by atoms with E-state index in [2.05, 4.69) is 15.2 Å². The summed E-state index contributed by atoms with van der Waals surface area (Å²) in [4.78, 5) is 15.2. The second-order valence-electron chi connectivity index (χ2n) is 6.18.